The predicted octanol–water partition coefficient (Wildman–Crippen LogP) is 3.18. The Balaban J connectivity index is 2.03. The maximum absolute atomic E-state index is 12.4. The van der Waals surface area contributed by atoms with Gasteiger partial charge in [0.05, 0.1) is 23.7 Å². The molecule has 1 saturated heterocycles. The van der Waals surface area contributed by atoms with E-state index in [0.29, 0.717) is 13.2 Å². The molecule has 0 amide bonds. The molecule has 1 heterocycles. The number of nitrogens with two attached hydrogens (primary N) is 1. The molecule has 0 radical (unpaired) electrons. The molecule has 0 aromatic rings. The standard InChI is InChI=1S/C17H31NO3/c1-3-8-16(13-18,15(19)20-4-2)12-14-7-11-17(21-14)9-5-6-10-17/h14H,3-13,18H2,1-2H3. The van der Waals surface area contributed by atoms with Crippen LogP contribution in [0.1, 0.15) is 71.6 Å². The zero-order valence-corrected chi connectivity index (χ0v) is 13.7. The fraction of sp³-hybridized carbons (Fsp3) is 0.941. The van der Waals surface area contributed by atoms with Gasteiger partial charge in [-0.15, -0.1) is 0 Å². The lowest BCUT2D eigenvalue weighted by Crippen LogP contribution is -2.43. The molecule has 2 N–H and O–H groups in total. The number of hydrogen-bond donors (Lipinski definition) is 1. The Bertz CT molecular complexity index is 352. The van der Waals surface area contributed by atoms with Crippen molar-refractivity contribution in [1.82, 2.24) is 0 Å². The van der Waals surface area contributed by atoms with E-state index in [0.717, 1.165) is 32.1 Å². The molecule has 0 aromatic carbocycles. The summed E-state index contributed by atoms with van der Waals surface area (Å²) in [5.41, 5.74) is 5.55. The van der Waals surface area contributed by atoms with Gasteiger partial charge in [0.25, 0.3) is 0 Å². The van der Waals surface area contributed by atoms with E-state index in [-0.39, 0.29) is 17.7 Å². The monoisotopic (exact) mass is 297 g/mol. The summed E-state index contributed by atoms with van der Waals surface area (Å²) in [4.78, 5) is 12.4. The summed E-state index contributed by atoms with van der Waals surface area (Å²) in [6.07, 6.45) is 9.75. The summed E-state index contributed by atoms with van der Waals surface area (Å²) >= 11 is 0. The molecule has 0 aromatic heterocycles. The van der Waals surface area contributed by atoms with Gasteiger partial charge in [0.1, 0.15) is 0 Å². The van der Waals surface area contributed by atoms with E-state index in [9.17, 15) is 4.79 Å². The second kappa shape index (κ2) is 7.10. The second-order valence-electron chi connectivity index (χ2n) is 6.83. The van der Waals surface area contributed by atoms with Crippen LogP contribution in [0.25, 0.3) is 0 Å². The van der Waals surface area contributed by atoms with Gasteiger partial charge in [-0.2, -0.15) is 0 Å². The first-order valence-electron chi connectivity index (χ1n) is 8.65. The molecule has 2 unspecified atom stereocenters. The maximum Gasteiger partial charge on any atom is 0.313 e. The minimum Gasteiger partial charge on any atom is -0.466 e. The zero-order chi connectivity index (χ0) is 15.3. The van der Waals surface area contributed by atoms with Crippen molar-refractivity contribution in [3.8, 4) is 0 Å². The molecule has 1 saturated carbocycles. The zero-order valence-electron chi connectivity index (χ0n) is 13.7. The normalized spacial score (nSPS) is 26.9. The summed E-state index contributed by atoms with van der Waals surface area (Å²) in [7, 11) is 0. The maximum atomic E-state index is 12.4. The molecule has 21 heavy (non-hydrogen) atoms. The van der Waals surface area contributed by atoms with Gasteiger partial charge < -0.3 is 15.2 Å². The quantitative estimate of drug-likeness (QED) is 0.733. The molecule has 2 fully saturated rings. The average Bonchev–Trinajstić information content (AvgIpc) is 3.09. The van der Waals surface area contributed by atoms with Gasteiger partial charge in [0.2, 0.25) is 0 Å². The third-order valence-electron chi connectivity index (χ3n) is 5.30. The third-order valence-corrected chi connectivity index (χ3v) is 5.30. The summed E-state index contributed by atoms with van der Waals surface area (Å²) in [6, 6.07) is 0. The summed E-state index contributed by atoms with van der Waals surface area (Å²) in [5, 5.41) is 0. The van der Waals surface area contributed by atoms with Gasteiger partial charge in [-0.1, -0.05) is 26.2 Å². The van der Waals surface area contributed by atoms with Gasteiger partial charge in [-0.25, -0.2) is 0 Å². The molecule has 1 aliphatic carbocycles. The fourth-order valence-electron chi connectivity index (χ4n) is 4.18. The van der Waals surface area contributed by atoms with Crippen LogP contribution in [-0.4, -0.2) is 30.8 Å². The Kier molecular flexibility index (Phi) is 5.67. The van der Waals surface area contributed by atoms with Crippen molar-refractivity contribution in [1.29, 1.82) is 0 Å². The van der Waals surface area contributed by atoms with Crippen LogP contribution in [0.2, 0.25) is 0 Å². The molecule has 4 heteroatoms. The largest absolute Gasteiger partial charge is 0.466 e. The van der Waals surface area contributed by atoms with Crippen LogP contribution in [0.5, 0.6) is 0 Å². The van der Waals surface area contributed by atoms with Gasteiger partial charge in [0, 0.05) is 6.54 Å². The first kappa shape index (κ1) is 16.8. The Morgan fingerprint density at radius 2 is 2.05 bits per heavy atom. The fourth-order valence-corrected chi connectivity index (χ4v) is 4.18. The summed E-state index contributed by atoms with van der Waals surface area (Å²) < 4.78 is 11.7. The number of esters is 1. The predicted molar refractivity (Wildman–Crippen MR) is 83.0 cm³/mol. The average molecular weight is 297 g/mol. The van der Waals surface area contributed by atoms with E-state index >= 15 is 0 Å². The van der Waals surface area contributed by atoms with Gasteiger partial charge in [-0.3, -0.25) is 4.79 Å². The SMILES string of the molecule is CCCC(CN)(CC1CCC2(CCCC2)O1)C(=O)OCC. The number of carbonyl (C=O) groups excluding carboxylic acids is 1. The van der Waals surface area contributed by atoms with E-state index in [1.165, 1.54) is 25.7 Å². The molecule has 4 nitrogen and oxygen atoms in total. The van der Waals surface area contributed by atoms with Gasteiger partial charge in [-0.05, 0) is 45.4 Å². The summed E-state index contributed by atoms with van der Waals surface area (Å²) in [6.45, 7) is 4.72. The van der Waals surface area contributed by atoms with Crippen molar-refractivity contribution >= 4 is 5.97 Å². The van der Waals surface area contributed by atoms with Crippen molar-refractivity contribution in [3.63, 3.8) is 0 Å². The molecule has 2 atom stereocenters. The Labute approximate surface area is 128 Å². The molecule has 122 valence electrons. The van der Waals surface area contributed by atoms with Crippen molar-refractivity contribution in [2.45, 2.75) is 83.3 Å². The van der Waals surface area contributed by atoms with E-state index in [2.05, 4.69) is 6.92 Å². The number of rotatable bonds is 7. The van der Waals surface area contributed by atoms with Crippen LogP contribution in [-0.2, 0) is 14.3 Å². The highest BCUT2D eigenvalue weighted by atomic mass is 16.5. The van der Waals surface area contributed by atoms with Crippen LogP contribution in [0.4, 0.5) is 0 Å². The van der Waals surface area contributed by atoms with Crippen LogP contribution in [0.3, 0.4) is 0 Å². The highest BCUT2D eigenvalue weighted by molar-refractivity contribution is 5.77. The van der Waals surface area contributed by atoms with Crippen molar-refractivity contribution in [2.75, 3.05) is 13.2 Å². The van der Waals surface area contributed by atoms with Crippen molar-refractivity contribution in [2.24, 2.45) is 11.1 Å². The number of hydrogen-bond acceptors (Lipinski definition) is 4. The van der Waals surface area contributed by atoms with E-state index < -0.39 is 5.41 Å². The first-order chi connectivity index (χ1) is 10.1. The molecule has 1 aliphatic heterocycles. The van der Waals surface area contributed by atoms with E-state index in [4.69, 9.17) is 15.2 Å². The Hall–Kier alpha value is -0.610. The molecule has 0 bridgehead atoms. The van der Waals surface area contributed by atoms with Crippen LogP contribution in [0, 0.1) is 5.41 Å². The molecule has 1 spiro atoms. The van der Waals surface area contributed by atoms with Crippen molar-refractivity contribution in [3.05, 3.63) is 0 Å². The lowest BCUT2D eigenvalue weighted by atomic mass is 9.78. The third kappa shape index (κ3) is 3.59. The Morgan fingerprint density at radius 3 is 2.62 bits per heavy atom. The second-order valence-corrected chi connectivity index (χ2v) is 6.83. The molecule has 2 rings (SSSR count). The van der Waals surface area contributed by atoms with Gasteiger partial charge >= 0.3 is 5.97 Å². The molecule has 2 aliphatic rings. The van der Waals surface area contributed by atoms with Crippen molar-refractivity contribution < 1.29 is 14.3 Å². The minimum atomic E-state index is -0.556. The van der Waals surface area contributed by atoms with Crippen LogP contribution >= 0.6 is 0 Å². The van der Waals surface area contributed by atoms with Crippen LogP contribution in [0.15, 0.2) is 0 Å². The highest BCUT2D eigenvalue weighted by Gasteiger charge is 2.47. The highest BCUT2D eigenvalue weighted by Crippen LogP contribution is 2.46. The lowest BCUT2D eigenvalue weighted by Gasteiger charge is -2.33. The minimum absolute atomic E-state index is 0.117. The van der Waals surface area contributed by atoms with E-state index in [1.807, 2.05) is 6.92 Å². The van der Waals surface area contributed by atoms with Gasteiger partial charge in [0.15, 0.2) is 0 Å². The summed E-state index contributed by atoms with van der Waals surface area (Å²) in [5.74, 6) is -0.134. The number of ether oxygens (including phenoxy) is 2. The topological polar surface area (TPSA) is 61.5 Å². The first-order valence-corrected chi connectivity index (χ1v) is 8.65. The smallest absolute Gasteiger partial charge is 0.313 e. The lowest BCUT2D eigenvalue weighted by molar-refractivity contribution is -0.159. The number of carbonyl (C=O) groups is 1. The molecular weight excluding hydrogens is 266 g/mol. The Morgan fingerprint density at radius 1 is 1.33 bits per heavy atom. The molecular formula is C17H31NO3. The van der Waals surface area contributed by atoms with Crippen LogP contribution < -0.4 is 5.73 Å². The van der Waals surface area contributed by atoms with E-state index in [1.54, 1.807) is 0 Å².